The number of rotatable bonds is 5. The summed E-state index contributed by atoms with van der Waals surface area (Å²) in [4.78, 5) is 46.2. The summed E-state index contributed by atoms with van der Waals surface area (Å²) in [5.74, 6) is -0.170. The molecule has 4 rings (SSSR count). The van der Waals surface area contributed by atoms with Crippen LogP contribution in [-0.4, -0.2) is 25.4 Å². The van der Waals surface area contributed by atoms with Gasteiger partial charge in [0.05, 0.1) is 40.1 Å². The van der Waals surface area contributed by atoms with E-state index >= 15 is 0 Å². The summed E-state index contributed by atoms with van der Waals surface area (Å²) >= 11 is 1.30. The van der Waals surface area contributed by atoms with Crippen LogP contribution in [0.1, 0.15) is 23.7 Å². The molecule has 0 spiro atoms. The number of benzene rings is 2. The molecule has 2 aromatic heterocycles. The van der Waals surface area contributed by atoms with Gasteiger partial charge in [-0.2, -0.15) is 0 Å². The predicted molar refractivity (Wildman–Crippen MR) is 123 cm³/mol. The first kappa shape index (κ1) is 21.3. The molecule has 0 aliphatic carbocycles. The maximum absolute atomic E-state index is 12.9. The van der Waals surface area contributed by atoms with E-state index in [0.717, 1.165) is 16.8 Å². The third kappa shape index (κ3) is 3.87. The van der Waals surface area contributed by atoms with Crippen LogP contribution in [0.4, 0.5) is 16.5 Å². The van der Waals surface area contributed by atoms with Crippen molar-refractivity contribution >= 4 is 44.7 Å². The zero-order chi connectivity index (χ0) is 23.0. The molecule has 1 amide bonds. The largest absolute Gasteiger partial charge is 0.293 e. The normalized spacial score (nSPS) is 11.0. The van der Waals surface area contributed by atoms with Crippen molar-refractivity contribution in [3.05, 3.63) is 85.4 Å². The van der Waals surface area contributed by atoms with Gasteiger partial charge in [-0.25, -0.2) is 9.97 Å². The van der Waals surface area contributed by atoms with Crippen molar-refractivity contribution in [1.82, 2.24) is 14.5 Å². The fraction of sp³-hybridized carbons (Fsp3) is 0.182. The highest BCUT2D eigenvalue weighted by atomic mass is 32.1. The summed E-state index contributed by atoms with van der Waals surface area (Å²) in [7, 11) is 0. The maximum Gasteiger partial charge on any atom is 0.270 e. The highest BCUT2D eigenvalue weighted by Crippen LogP contribution is 2.32. The molecule has 0 aliphatic rings. The van der Waals surface area contributed by atoms with Gasteiger partial charge in [0.2, 0.25) is 5.91 Å². The molecule has 2 heterocycles. The fourth-order valence-corrected chi connectivity index (χ4v) is 4.28. The molecule has 0 saturated heterocycles. The van der Waals surface area contributed by atoms with Crippen molar-refractivity contribution in [2.75, 3.05) is 4.90 Å². The van der Waals surface area contributed by atoms with E-state index in [1.54, 1.807) is 10.3 Å². The minimum atomic E-state index is -0.549. The molecule has 0 bridgehead atoms. The lowest BCUT2D eigenvalue weighted by Crippen LogP contribution is -2.24. The van der Waals surface area contributed by atoms with Crippen molar-refractivity contribution in [2.45, 2.75) is 27.3 Å². The molecule has 0 saturated carbocycles. The molecule has 0 radical (unpaired) electrons. The number of anilines is 2. The van der Waals surface area contributed by atoms with Gasteiger partial charge >= 0.3 is 0 Å². The highest BCUT2D eigenvalue weighted by molar-refractivity contribution is 7.14. The zero-order valence-corrected chi connectivity index (χ0v) is 18.4. The van der Waals surface area contributed by atoms with Gasteiger partial charge in [-0.15, -0.1) is 11.3 Å². The van der Waals surface area contributed by atoms with Crippen molar-refractivity contribution in [1.29, 1.82) is 0 Å². The molecule has 2 aromatic carbocycles. The Hall–Kier alpha value is -3.92. The number of carbonyl (C=O) groups is 1. The average Bonchev–Trinajstić information content (AvgIpc) is 3.21. The number of non-ortho nitro benzene ring substituents is 1. The number of carbonyl (C=O) groups excluding carboxylic acids is 1. The van der Waals surface area contributed by atoms with Crippen LogP contribution >= 0.6 is 11.3 Å². The van der Waals surface area contributed by atoms with Gasteiger partial charge in [0, 0.05) is 24.4 Å². The van der Waals surface area contributed by atoms with Crippen LogP contribution in [0.2, 0.25) is 0 Å². The maximum atomic E-state index is 12.9. The molecule has 9 nitrogen and oxygen atoms in total. The molecule has 0 atom stereocenters. The molecular formula is C22H19N5O4S. The number of aromatic nitrogens is 3. The first-order chi connectivity index (χ1) is 15.3. The average molecular weight is 449 g/mol. The molecule has 4 aromatic rings. The number of nitro benzene ring substituents is 1. The molecule has 0 aliphatic heterocycles. The second kappa shape index (κ2) is 8.31. The summed E-state index contributed by atoms with van der Waals surface area (Å²) in [6.07, 6.45) is 1.39. The number of hydrogen-bond donors (Lipinski definition) is 0. The Morgan fingerprint density at radius 2 is 2.03 bits per heavy atom. The van der Waals surface area contributed by atoms with Gasteiger partial charge in [0.15, 0.2) is 5.13 Å². The van der Waals surface area contributed by atoms with E-state index < -0.39 is 10.5 Å². The van der Waals surface area contributed by atoms with Crippen molar-refractivity contribution in [3.63, 3.8) is 0 Å². The van der Waals surface area contributed by atoms with E-state index in [2.05, 4.69) is 9.97 Å². The summed E-state index contributed by atoms with van der Waals surface area (Å²) < 4.78 is 1.35. The standard InChI is InChI=1S/C22H19N5O4S/c1-13-5-4-6-20(14(13)2)26(15(3)28)22-24-16(11-32-22)10-25-12-23-19-8-7-17(27(30)31)9-18(19)21(25)29/h4-9,11-12H,10H2,1-3H3. The lowest BCUT2D eigenvalue weighted by molar-refractivity contribution is -0.384. The molecule has 10 heteroatoms. The van der Waals surface area contributed by atoms with Gasteiger partial charge in [-0.05, 0) is 37.1 Å². The lowest BCUT2D eigenvalue weighted by Gasteiger charge is -2.21. The van der Waals surface area contributed by atoms with Crippen LogP contribution < -0.4 is 10.5 Å². The number of aryl methyl sites for hydroxylation is 1. The van der Waals surface area contributed by atoms with Gasteiger partial charge in [-0.3, -0.25) is 29.2 Å². The van der Waals surface area contributed by atoms with E-state index in [4.69, 9.17) is 0 Å². The summed E-state index contributed by atoms with van der Waals surface area (Å²) in [6.45, 7) is 5.54. The van der Waals surface area contributed by atoms with E-state index in [1.807, 2.05) is 32.0 Å². The molecular weight excluding hydrogens is 430 g/mol. The number of nitro groups is 1. The van der Waals surface area contributed by atoms with Crippen molar-refractivity contribution < 1.29 is 9.72 Å². The van der Waals surface area contributed by atoms with Crippen LogP contribution in [0.25, 0.3) is 10.9 Å². The summed E-state index contributed by atoms with van der Waals surface area (Å²) in [5, 5.41) is 13.5. The van der Waals surface area contributed by atoms with Crippen LogP contribution in [-0.2, 0) is 11.3 Å². The number of nitrogens with zero attached hydrogens (tertiary/aromatic N) is 5. The molecule has 162 valence electrons. The summed E-state index contributed by atoms with van der Waals surface area (Å²) in [5.41, 5.74) is 3.20. The first-order valence-electron chi connectivity index (χ1n) is 9.71. The molecule has 0 N–H and O–H groups in total. The molecule has 0 unspecified atom stereocenters. The number of thiazole rings is 1. The number of hydrogen-bond acceptors (Lipinski definition) is 7. The van der Waals surface area contributed by atoms with E-state index in [1.165, 1.54) is 47.4 Å². The third-order valence-corrected chi connectivity index (χ3v) is 6.09. The minimum absolute atomic E-state index is 0.125. The molecule has 0 fully saturated rings. The lowest BCUT2D eigenvalue weighted by atomic mass is 10.1. The van der Waals surface area contributed by atoms with Crippen LogP contribution in [0.15, 0.2) is 52.9 Å². The Labute approximate surface area is 186 Å². The van der Waals surface area contributed by atoms with Gasteiger partial charge in [0.1, 0.15) is 0 Å². The van der Waals surface area contributed by atoms with Crippen molar-refractivity contribution in [2.24, 2.45) is 0 Å². The van der Waals surface area contributed by atoms with Crippen LogP contribution in [0, 0.1) is 24.0 Å². The Morgan fingerprint density at radius 1 is 1.25 bits per heavy atom. The van der Waals surface area contributed by atoms with Crippen LogP contribution in [0.5, 0.6) is 0 Å². The summed E-state index contributed by atoms with van der Waals surface area (Å²) in [6, 6.07) is 9.74. The SMILES string of the molecule is CC(=O)N(c1nc(Cn2cnc3ccc([N+](=O)[O-])cc3c2=O)cs1)c1cccc(C)c1C. The predicted octanol–water partition coefficient (Wildman–Crippen LogP) is 4.11. The Bertz CT molecular complexity index is 1430. The topological polar surface area (TPSA) is 111 Å². The monoisotopic (exact) mass is 449 g/mol. The quantitative estimate of drug-likeness (QED) is 0.335. The Kier molecular flexibility index (Phi) is 5.54. The van der Waals surface area contributed by atoms with Gasteiger partial charge in [0.25, 0.3) is 11.2 Å². The first-order valence-corrected chi connectivity index (χ1v) is 10.6. The smallest absolute Gasteiger partial charge is 0.270 e. The number of fused-ring (bicyclic) bond motifs is 1. The second-order valence-corrected chi connectivity index (χ2v) is 8.17. The van der Waals surface area contributed by atoms with Crippen LogP contribution in [0.3, 0.4) is 0 Å². The van der Waals surface area contributed by atoms with E-state index in [9.17, 15) is 19.7 Å². The fourth-order valence-electron chi connectivity index (χ4n) is 3.40. The van der Waals surface area contributed by atoms with Gasteiger partial charge < -0.3 is 0 Å². The Balaban J connectivity index is 1.69. The second-order valence-electron chi connectivity index (χ2n) is 7.33. The van der Waals surface area contributed by atoms with E-state index in [-0.39, 0.29) is 23.5 Å². The zero-order valence-electron chi connectivity index (χ0n) is 17.6. The van der Waals surface area contributed by atoms with Crippen molar-refractivity contribution in [3.8, 4) is 0 Å². The van der Waals surface area contributed by atoms with Gasteiger partial charge in [-0.1, -0.05) is 12.1 Å². The minimum Gasteiger partial charge on any atom is -0.293 e. The third-order valence-electron chi connectivity index (χ3n) is 5.21. The van der Waals surface area contributed by atoms with E-state index in [0.29, 0.717) is 16.3 Å². The molecule has 32 heavy (non-hydrogen) atoms. The Morgan fingerprint density at radius 3 is 2.75 bits per heavy atom. The highest BCUT2D eigenvalue weighted by Gasteiger charge is 2.20. The number of amides is 1.